The summed E-state index contributed by atoms with van der Waals surface area (Å²) in [5.74, 6) is -2.02. The zero-order valence-electron chi connectivity index (χ0n) is 12.7. The van der Waals surface area contributed by atoms with Crippen molar-refractivity contribution in [2.24, 2.45) is 5.16 Å². The number of aromatic nitrogens is 2. The molecule has 132 valence electrons. The maximum atomic E-state index is 12.4. The van der Waals surface area contributed by atoms with Gasteiger partial charge in [0, 0.05) is 17.3 Å². The van der Waals surface area contributed by atoms with Crippen LogP contribution < -0.4 is 11.1 Å². The van der Waals surface area contributed by atoms with Crippen molar-refractivity contribution in [1.82, 2.24) is 19.6 Å². The molecule has 0 aliphatic carbocycles. The maximum Gasteiger partial charge on any atom is 0.352 e. The molecule has 1 aromatic rings. The Labute approximate surface area is 149 Å². The van der Waals surface area contributed by atoms with E-state index in [0.717, 1.165) is 16.4 Å². The molecule has 0 saturated carbocycles. The number of β-lactam (4-membered cyclic amide) rings is 1. The van der Waals surface area contributed by atoms with Crippen molar-refractivity contribution in [3.8, 4) is 0 Å². The molecular formula is C12H12N6O5S2. The molecule has 11 nitrogen and oxygen atoms in total. The summed E-state index contributed by atoms with van der Waals surface area (Å²) in [5, 5.41) is 14.9. The van der Waals surface area contributed by atoms with Crippen molar-refractivity contribution in [2.45, 2.75) is 11.4 Å². The minimum atomic E-state index is -1.19. The van der Waals surface area contributed by atoms with Gasteiger partial charge < -0.3 is 21.0 Å². The van der Waals surface area contributed by atoms with Crippen molar-refractivity contribution in [1.29, 1.82) is 0 Å². The molecule has 0 bridgehead atoms. The van der Waals surface area contributed by atoms with E-state index in [1.165, 1.54) is 24.9 Å². The fourth-order valence-corrected chi connectivity index (χ4v) is 3.98. The van der Waals surface area contributed by atoms with Crippen LogP contribution in [-0.4, -0.2) is 67.1 Å². The lowest BCUT2D eigenvalue weighted by atomic mass is 10.0. The Morgan fingerprint density at radius 2 is 2.32 bits per heavy atom. The second-order valence-electron chi connectivity index (χ2n) is 4.86. The lowest BCUT2D eigenvalue weighted by molar-refractivity contribution is -0.150. The molecular weight excluding hydrogens is 372 g/mol. The van der Waals surface area contributed by atoms with Crippen molar-refractivity contribution in [3.05, 3.63) is 17.6 Å². The van der Waals surface area contributed by atoms with Gasteiger partial charge in [-0.15, -0.1) is 11.8 Å². The number of anilines is 1. The molecule has 1 fully saturated rings. The largest absolute Gasteiger partial charge is 0.477 e. The molecule has 25 heavy (non-hydrogen) atoms. The van der Waals surface area contributed by atoms with Crippen LogP contribution in [0.1, 0.15) is 5.82 Å². The van der Waals surface area contributed by atoms with Gasteiger partial charge in [-0.25, -0.2) is 4.79 Å². The van der Waals surface area contributed by atoms with Crippen LogP contribution in [0.4, 0.5) is 5.13 Å². The number of carboxylic acid groups (broad SMARTS) is 1. The van der Waals surface area contributed by atoms with Gasteiger partial charge in [0.2, 0.25) is 11.5 Å². The second kappa shape index (κ2) is 6.68. The number of oxime groups is 1. The normalized spacial score (nSPS) is 22.6. The third-order valence-corrected chi connectivity index (χ3v) is 5.13. The number of carbonyl (C=O) groups excluding carboxylic acids is 2. The predicted molar refractivity (Wildman–Crippen MR) is 88.6 cm³/mol. The number of carbonyl (C=O) groups is 3. The number of fused-ring (bicyclic) bond motifs is 1. The van der Waals surface area contributed by atoms with E-state index in [0.29, 0.717) is 5.75 Å². The predicted octanol–water partition coefficient (Wildman–Crippen LogP) is -1.16. The first-order valence-corrected chi connectivity index (χ1v) is 8.66. The maximum absolute atomic E-state index is 12.4. The Morgan fingerprint density at radius 1 is 1.56 bits per heavy atom. The Kier molecular flexibility index (Phi) is 4.59. The Morgan fingerprint density at radius 3 is 2.92 bits per heavy atom. The van der Waals surface area contributed by atoms with E-state index in [-0.39, 0.29) is 22.4 Å². The molecule has 0 spiro atoms. The smallest absolute Gasteiger partial charge is 0.352 e. The summed E-state index contributed by atoms with van der Waals surface area (Å²) in [4.78, 5) is 45.5. The number of thioether (sulfide) groups is 1. The van der Waals surface area contributed by atoms with Crippen LogP contribution in [0.3, 0.4) is 0 Å². The zero-order valence-corrected chi connectivity index (χ0v) is 14.3. The number of carboxylic acids is 1. The van der Waals surface area contributed by atoms with Crippen LogP contribution in [0.15, 0.2) is 16.9 Å². The first-order chi connectivity index (χ1) is 11.9. The van der Waals surface area contributed by atoms with E-state index in [1.54, 1.807) is 0 Å². The topological polar surface area (TPSA) is 160 Å². The molecule has 3 rings (SSSR count). The van der Waals surface area contributed by atoms with E-state index in [2.05, 4.69) is 24.7 Å². The fraction of sp³-hybridized carbons (Fsp3) is 0.333. The summed E-state index contributed by atoms with van der Waals surface area (Å²) in [7, 11) is 1.25. The Balaban J connectivity index is 1.75. The van der Waals surface area contributed by atoms with Gasteiger partial charge in [0.25, 0.3) is 11.8 Å². The number of hydrogen-bond donors (Lipinski definition) is 3. The first kappa shape index (κ1) is 17.2. The minimum Gasteiger partial charge on any atom is -0.477 e. The van der Waals surface area contributed by atoms with Gasteiger partial charge in [0.15, 0.2) is 5.13 Å². The third-order valence-electron chi connectivity index (χ3n) is 3.40. The zero-order chi connectivity index (χ0) is 18.1. The number of hydrogen-bond acceptors (Lipinski definition) is 10. The summed E-state index contributed by atoms with van der Waals surface area (Å²) >= 11 is 2.23. The van der Waals surface area contributed by atoms with Gasteiger partial charge in [0.1, 0.15) is 24.2 Å². The third kappa shape index (κ3) is 3.02. The first-order valence-electron chi connectivity index (χ1n) is 6.83. The summed E-state index contributed by atoms with van der Waals surface area (Å²) < 4.78 is 3.89. The molecule has 1 saturated heterocycles. The van der Waals surface area contributed by atoms with Crippen molar-refractivity contribution < 1.29 is 24.3 Å². The summed E-state index contributed by atoms with van der Waals surface area (Å²) in [6, 6.07) is -0.876. The Bertz CT molecular complexity index is 806. The quantitative estimate of drug-likeness (QED) is 0.323. The van der Waals surface area contributed by atoms with Crippen molar-refractivity contribution in [3.63, 3.8) is 0 Å². The number of nitrogens with one attached hydrogen (secondary N) is 1. The fourth-order valence-electron chi connectivity index (χ4n) is 2.35. The van der Waals surface area contributed by atoms with Crippen molar-refractivity contribution >= 4 is 51.9 Å². The molecule has 2 aliphatic rings. The highest BCUT2D eigenvalue weighted by molar-refractivity contribution is 8.00. The van der Waals surface area contributed by atoms with E-state index in [1.807, 2.05) is 0 Å². The molecule has 0 radical (unpaired) electrons. The van der Waals surface area contributed by atoms with E-state index in [9.17, 15) is 14.4 Å². The molecule has 13 heteroatoms. The van der Waals surface area contributed by atoms with Crippen LogP contribution in [0, 0.1) is 0 Å². The molecule has 0 unspecified atom stereocenters. The van der Waals surface area contributed by atoms with Crippen LogP contribution in [0.5, 0.6) is 0 Å². The molecule has 3 heterocycles. The standard InChI is InChI=1S/C12H12N6O5S2/c1-23-16-5(7-15-12(13)25-17-7)8(19)14-6-9(20)18-4(11(21)22)2-3-24-10(6)18/h2,6,10H,3H2,1H3,(H,14,19)(H,21,22)(H2,13,15,17)/b16-5+/t6-,10-/m1/s1. The number of amides is 2. The SMILES string of the molecule is CO/N=C(/C(=O)N[C@@H]1C(=O)N2C(C(=O)O)=CCS[C@H]12)c1nsc(N)n1. The van der Waals surface area contributed by atoms with Gasteiger partial charge in [-0.1, -0.05) is 5.16 Å². The molecule has 4 N–H and O–H groups in total. The van der Waals surface area contributed by atoms with E-state index >= 15 is 0 Å². The molecule has 0 aromatic carbocycles. The average molecular weight is 384 g/mol. The number of nitrogens with zero attached hydrogens (tertiary/aromatic N) is 4. The van der Waals surface area contributed by atoms with Gasteiger partial charge >= 0.3 is 5.97 Å². The molecule has 2 amide bonds. The van der Waals surface area contributed by atoms with Crippen molar-refractivity contribution in [2.75, 3.05) is 18.6 Å². The van der Waals surface area contributed by atoms with Crippen LogP contribution in [-0.2, 0) is 19.2 Å². The van der Waals surface area contributed by atoms with Crippen LogP contribution in [0.25, 0.3) is 0 Å². The summed E-state index contributed by atoms with van der Waals surface area (Å²) in [5.41, 5.74) is 5.19. The monoisotopic (exact) mass is 384 g/mol. The Hall–Kier alpha value is -2.67. The summed E-state index contributed by atoms with van der Waals surface area (Å²) in [6.45, 7) is 0. The molecule has 2 aliphatic heterocycles. The minimum absolute atomic E-state index is 0.0205. The molecule has 2 atom stereocenters. The van der Waals surface area contributed by atoms with Crippen LogP contribution in [0.2, 0.25) is 0 Å². The number of aliphatic carboxylic acids is 1. The number of nitrogens with two attached hydrogens (primary N) is 1. The van der Waals surface area contributed by atoms with Gasteiger partial charge in [-0.3, -0.25) is 14.5 Å². The van der Waals surface area contributed by atoms with Gasteiger partial charge in [-0.05, 0) is 6.08 Å². The van der Waals surface area contributed by atoms with E-state index in [4.69, 9.17) is 10.8 Å². The molecule has 1 aromatic heterocycles. The number of nitrogen functional groups attached to an aromatic ring is 1. The number of rotatable bonds is 5. The van der Waals surface area contributed by atoms with Crippen LogP contribution >= 0.6 is 23.3 Å². The highest BCUT2D eigenvalue weighted by atomic mass is 32.2. The lowest BCUT2D eigenvalue weighted by Gasteiger charge is -2.48. The highest BCUT2D eigenvalue weighted by Gasteiger charge is 2.53. The lowest BCUT2D eigenvalue weighted by Crippen LogP contribution is -2.70. The summed E-state index contributed by atoms with van der Waals surface area (Å²) in [6.07, 6.45) is 1.46. The average Bonchev–Trinajstić information content (AvgIpc) is 3.02. The van der Waals surface area contributed by atoms with Gasteiger partial charge in [0.05, 0.1) is 0 Å². The highest BCUT2D eigenvalue weighted by Crippen LogP contribution is 2.37. The van der Waals surface area contributed by atoms with Gasteiger partial charge in [-0.2, -0.15) is 9.36 Å². The van der Waals surface area contributed by atoms with E-state index < -0.39 is 29.2 Å². The second-order valence-corrected chi connectivity index (χ2v) is 6.79.